The third-order valence-electron chi connectivity index (χ3n) is 2.65. The topological polar surface area (TPSA) is 82.8 Å². The minimum Gasteiger partial charge on any atom is -0.385 e. The van der Waals surface area contributed by atoms with Crippen LogP contribution >= 0.6 is 0 Å². The van der Waals surface area contributed by atoms with Gasteiger partial charge in [-0.3, -0.25) is 4.79 Å². The third kappa shape index (κ3) is 12.1. The number of nitrogens with two attached hydrogens (primary N) is 1. The molecule has 1 amide bonds. The molecule has 1 unspecified atom stereocenters. The molecule has 0 aliphatic carbocycles. The van der Waals surface area contributed by atoms with Crippen molar-refractivity contribution in [2.75, 3.05) is 47.2 Å². The second-order valence-electron chi connectivity index (χ2n) is 4.34. The molecule has 0 fully saturated rings. The highest BCUT2D eigenvalue weighted by Crippen LogP contribution is 1.95. The Kier molecular flexibility index (Phi) is 13.2. The highest BCUT2D eigenvalue weighted by Gasteiger charge is 2.11. The Labute approximate surface area is 116 Å². The van der Waals surface area contributed by atoms with Gasteiger partial charge in [-0.1, -0.05) is 0 Å². The van der Waals surface area contributed by atoms with Crippen molar-refractivity contribution in [3.8, 4) is 0 Å². The van der Waals surface area contributed by atoms with Crippen LogP contribution in [0.1, 0.15) is 25.7 Å². The highest BCUT2D eigenvalue weighted by molar-refractivity contribution is 5.81. The second kappa shape index (κ2) is 13.7. The van der Waals surface area contributed by atoms with Crippen LogP contribution in [0.25, 0.3) is 0 Å². The zero-order chi connectivity index (χ0) is 14.3. The summed E-state index contributed by atoms with van der Waals surface area (Å²) in [6, 6.07) is -0.437. The maximum absolute atomic E-state index is 11.6. The van der Waals surface area contributed by atoms with Crippen LogP contribution in [-0.4, -0.2) is 59.1 Å². The number of unbranched alkanes of at least 4 members (excludes halogenated alkanes) is 1. The SMILES string of the molecule is COCCCC(N)C(=O)NCCCCOCCOC. The predicted octanol–water partition coefficient (Wildman–Crippen LogP) is 0.300. The minimum atomic E-state index is -0.437. The molecule has 0 saturated heterocycles. The fourth-order valence-electron chi connectivity index (χ4n) is 1.49. The molecule has 6 nitrogen and oxygen atoms in total. The van der Waals surface area contributed by atoms with Crippen molar-refractivity contribution < 1.29 is 19.0 Å². The van der Waals surface area contributed by atoms with E-state index in [1.54, 1.807) is 14.2 Å². The Bertz CT molecular complexity index is 215. The average molecular weight is 276 g/mol. The van der Waals surface area contributed by atoms with Gasteiger partial charge in [-0.25, -0.2) is 0 Å². The molecule has 0 aliphatic heterocycles. The summed E-state index contributed by atoms with van der Waals surface area (Å²) < 4.78 is 15.1. The molecule has 0 aromatic heterocycles. The summed E-state index contributed by atoms with van der Waals surface area (Å²) in [6.07, 6.45) is 3.27. The summed E-state index contributed by atoms with van der Waals surface area (Å²) in [4.78, 5) is 11.6. The van der Waals surface area contributed by atoms with Crippen molar-refractivity contribution in [3.63, 3.8) is 0 Å². The second-order valence-corrected chi connectivity index (χ2v) is 4.34. The lowest BCUT2D eigenvalue weighted by atomic mass is 10.1. The Morgan fingerprint density at radius 3 is 2.47 bits per heavy atom. The van der Waals surface area contributed by atoms with Crippen molar-refractivity contribution in [3.05, 3.63) is 0 Å². The van der Waals surface area contributed by atoms with Gasteiger partial charge in [0.25, 0.3) is 0 Å². The molecular formula is C13H28N2O4. The Morgan fingerprint density at radius 1 is 1.05 bits per heavy atom. The lowest BCUT2D eigenvalue weighted by Crippen LogP contribution is -2.41. The van der Waals surface area contributed by atoms with Crippen molar-refractivity contribution >= 4 is 5.91 Å². The summed E-state index contributed by atoms with van der Waals surface area (Å²) in [5, 5.41) is 2.83. The van der Waals surface area contributed by atoms with Crippen LogP contribution in [0.4, 0.5) is 0 Å². The maximum Gasteiger partial charge on any atom is 0.236 e. The fraction of sp³-hybridized carbons (Fsp3) is 0.923. The number of hydrogen-bond donors (Lipinski definition) is 2. The molecule has 3 N–H and O–H groups in total. The number of methoxy groups -OCH3 is 2. The fourth-order valence-corrected chi connectivity index (χ4v) is 1.49. The molecule has 0 aliphatic rings. The van der Waals surface area contributed by atoms with Gasteiger partial charge in [0, 0.05) is 34.0 Å². The molecule has 19 heavy (non-hydrogen) atoms. The van der Waals surface area contributed by atoms with E-state index in [9.17, 15) is 4.79 Å². The molecule has 6 heteroatoms. The summed E-state index contributed by atoms with van der Waals surface area (Å²) in [5.41, 5.74) is 5.75. The van der Waals surface area contributed by atoms with Crippen LogP contribution < -0.4 is 11.1 Å². The third-order valence-corrected chi connectivity index (χ3v) is 2.65. The number of hydrogen-bond acceptors (Lipinski definition) is 5. The number of rotatable bonds is 13. The summed E-state index contributed by atoms with van der Waals surface area (Å²) in [7, 11) is 3.29. The van der Waals surface area contributed by atoms with Gasteiger partial charge in [-0.2, -0.15) is 0 Å². The molecule has 0 rings (SSSR count). The van der Waals surface area contributed by atoms with Crippen molar-refractivity contribution in [1.29, 1.82) is 0 Å². The van der Waals surface area contributed by atoms with Crippen LogP contribution in [0.5, 0.6) is 0 Å². The molecule has 0 aromatic rings. The number of nitrogens with one attached hydrogen (secondary N) is 1. The molecule has 0 heterocycles. The molecule has 114 valence electrons. The number of ether oxygens (including phenoxy) is 3. The predicted molar refractivity (Wildman–Crippen MR) is 74.0 cm³/mol. The molecule has 0 saturated carbocycles. The van der Waals surface area contributed by atoms with Gasteiger partial charge >= 0.3 is 0 Å². The molecule has 0 spiro atoms. The minimum absolute atomic E-state index is 0.0867. The quantitative estimate of drug-likeness (QED) is 0.473. The first-order chi connectivity index (χ1) is 9.22. The van der Waals surface area contributed by atoms with E-state index >= 15 is 0 Å². The Morgan fingerprint density at radius 2 is 1.79 bits per heavy atom. The normalized spacial score (nSPS) is 12.4. The van der Waals surface area contributed by atoms with Gasteiger partial charge in [0.15, 0.2) is 0 Å². The van der Waals surface area contributed by atoms with Crippen LogP contribution in [-0.2, 0) is 19.0 Å². The molecule has 1 atom stereocenters. The van der Waals surface area contributed by atoms with Crippen LogP contribution in [0.15, 0.2) is 0 Å². The van der Waals surface area contributed by atoms with Crippen molar-refractivity contribution in [1.82, 2.24) is 5.32 Å². The molecular weight excluding hydrogens is 248 g/mol. The van der Waals surface area contributed by atoms with Crippen LogP contribution in [0, 0.1) is 0 Å². The summed E-state index contributed by atoms with van der Waals surface area (Å²) >= 11 is 0. The van der Waals surface area contributed by atoms with Gasteiger partial charge in [0.1, 0.15) is 0 Å². The summed E-state index contributed by atoms with van der Waals surface area (Å²) in [6.45, 7) is 3.21. The van der Waals surface area contributed by atoms with E-state index in [0.717, 1.165) is 19.3 Å². The lowest BCUT2D eigenvalue weighted by Gasteiger charge is -2.11. The van der Waals surface area contributed by atoms with Crippen LogP contribution in [0.3, 0.4) is 0 Å². The Balaban J connectivity index is 3.32. The molecule has 0 radical (unpaired) electrons. The summed E-state index contributed by atoms with van der Waals surface area (Å²) in [5.74, 6) is -0.0867. The van der Waals surface area contributed by atoms with E-state index in [1.807, 2.05) is 0 Å². The van der Waals surface area contributed by atoms with Crippen molar-refractivity contribution in [2.24, 2.45) is 5.73 Å². The van der Waals surface area contributed by atoms with Gasteiger partial charge < -0.3 is 25.3 Å². The monoisotopic (exact) mass is 276 g/mol. The van der Waals surface area contributed by atoms with E-state index < -0.39 is 6.04 Å². The number of carbonyl (C=O) groups is 1. The first-order valence-electron chi connectivity index (χ1n) is 6.81. The van der Waals surface area contributed by atoms with E-state index in [0.29, 0.717) is 39.4 Å². The zero-order valence-electron chi connectivity index (χ0n) is 12.2. The molecule has 0 aromatic carbocycles. The standard InChI is InChI=1S/C13H28N2O4/c1-17-8-5-6-12(14)13(16)15-7-3-4-9-19-11-10-18-2/h12H,3-11,14H2,1-2H3,(H,15,16). The van der Waals surface area contributed by atoms with E-state index in [2.05, 4.69) is 5.32 Å². The van der Waals surface area contributed by atoms with Crippen LogP contribution in [0.2, 0.25) is 0 Å². The van der Waals surface area contributed by atoms with E-state index in [-0.39, 0.29) is 5.91 Å². The maximum atomic E-state index is 11.6. The van der Waals surface area contributed by atoms with E-state index in [4.69, 9.17) is 19.9 Å². The zero-order valence-corrected chi connectivity index (χ0v) is 12.2. The highest BCUT2D eigenvalue weighted by atomic mass is 16.5. The number of amides is 1. The van der Waals surface area contributed by atoms with E-state index in [1.165, 1.54) is 0 Å². The largest absolute Gasteiger partial charge is 0.385 e. The number of carbonyl (C=O) groups excluding carboxylic acids is 1. The average Bonchev–Trinajstić information content (AvgIpc) is 2.41. The van der Waals surface area contributed by atoms with Crippen molar-refractivity contribution in [2.45, 2.75) is 31.7 Å². The molecule has 0 bridgehead atoms. The Hall–Kier alpha value is -0.690. The van der Waals surface area contributed by atoms with Gasteiger partial charge in [-0.15, -0.1) is 0 Å². The first kappa shape index (κ1) is 18.3. The smallest absolute Gasteiger partial charge is 0.236 e. The van der Waals surface area contributed by atoms with Gasteiger partial charge in [0.05, 0.1) is 19.3 Å². The first-order valence-corrected chi connectivity index (χ1v) is 6.81. The van der Waals surface area contributed by atoms with Gasteiger partial charge in [-0.05, 0) is 25.7 Å². The lowest BCUT2D eigenvalue weighted by molar-refractivity contribution is -0.122. The van der Waals surface area contributed by atoms with Gasteiger partial charge in [0.2, 0.25) is 5.91 Å².